The van der Waals surface area contributed by atoms with Gasteiger partial charge in [0.05, 0.1) is 16.7 Å². The first-order chi connectivity index (χ1) is 51.2. The Morgan fingerprint density at radius 1 is 0.302 bits per heavy atom. The molecule has 0 unspecified atom stereocenters. The Balaban J connectivity index is 1.03. The summed E-state index contributed by atoms with van der Waals surface area (Å²) in [6.07, 6.45) is 0. The lowest BCUT2D eigenvalue weighted by atomic mass is 9.36. The van der Waals surface area contributed by atoms with Crippen LogP contribution >= 0.6 is 11.3 Å². The van der Waals surface area contributed by atoms with Crippen LogP contribution in [0.4, 0.5) is 17.1 Å². The first-order valence-electron chi connectivity index (χ1n) is 37.9. The lowest BCUT2D eigenvalue weighted by molar-refractivity contribution is 0.568. The van der Waals surface area contributed by atoms with Crippen LogP contribution in [-0.4, -0.2) is 11.3 Å². The molecule has 0 atom stereocenters. The van der Waals surface area contributed by atoms with Gasteiger partial charge in [0.15, 0.2) is 0 Å². The Labute approximate surface area is 625 Å². The van der Waals surface area contributed by atoms with Crippen LogP contribution in [0.15, 0.2) is 285 Å². The number of nitrogens with zero attached hydrogens (tertiary/aromatic N) is 2. The molecule has 0 saturated heterocycles. The van der Waals surface area contributed by atoms with Crippen molar-refractivity contribution in [2.45, 2.75) is 105 Å². The molecular weight excluding hydrogens is 1300 g/mol. The third-order valence-electron chi connectivity index (χ3n) is 23.6. The minimum absolute atomic E-state index is 0.0374. The van der Waals surface area contributed by atoms with Crippen LogP contribution in [0.5, 0.6) is 0 Å². The summed E-state index contributed by atoms with van der Waals surface area (Å²) in [7, 11) is 0. The summed E-state index contributed by atoms with van der Waals surface area (Å²) in [6, 6.07) is 111. The van der Waals surface area contributed by atoms with E-state index in [9.17, 15) is 0 Å². The van der Waals surface area contributed by atoms with Crippen molar-refractivity contribution in [3.8, 4) is 61.3 Å². The third-order valence-corrected chi connectivity index (χ3v) is 24.9. The quantitative estimate of drug-likeness (QED) is 0.119. The molecule has 20 rings (SSSR count). The molecule has 106 heavy (non-hydrogen) atoms. The molecule has 4 heterocycles. The number of anilines is 3. The molecule has 0 aliphatic carbocycles. The Morgan fingerprint density at radius 3 is 1.34 bits per heavy atom. The Bertz CT molecular complexity index is 6690. The van der Waals surface area contributed by atoms with Crippen molar-refractivity contribution >= 4 is 147 Å². The second kappa shape index (κ2) is 23.1. The van der Waals surface area contributed by atoms with Gasteiger partial charge in [-0.25, -0.2) is 0 Å². The maximum atomic E-state index is 2.78. The predicted octanol–water partition coefficient (Wildman–Crippen LogP) is 27.1. The summed E-state index contributed by atoms with van der Waals surface area (Å²) in [5.74, 6) is 0. The first kappa shape index (κ1) is 64.3. The van der Waals surface area contributed by atoms with Gasteiger partial charge in [-0.2, -0.15) is 0 Å². The molecule has 0 radical (unpaired) electrons. The number of fused-ring (bicyclic) bond motifs is 23. The highest BCUT2D eigenvalue weighted by atomic mass is 32.1. The van der Waals surface area contributed by atoms with Gasteiger partial charge in [0.25, 0.3) is 6.71 Å². The zero-order chi connectivity index (χ0) is 72.2. The van der Waals surface area contributed by atoms with E-state index >= 15 is 0 Å². The van der Waals surface area contributed by atoms with Crippen molar-refractivity contribution in [1.82, 2.24) is 4.57 Å². The minimum atomic E-state index is -0.197. The highest BCUT2D eigenvalue weighted by molar-refractivity contribution is 7.33. The fourth-order valence-corrected chi connectivity index (χ4v) is 20.0. The van der Waals surface area contributed by atoms with Crippen molar-refractivity contribution in [2.24, 2.45) is 0 Å². The van der Waals surface area contributed by atoms with E-state index < -0.39 is 0 Å². The smallest absolute Gasteiger partial charge is 0.264 e. The molecule has 0 bridgehead atoms. The van der Waals surface area contributed by atoms with Crippen molar-refractivity contribution in [3.63, 3.8) is 0 Å². The van der Waals surface area contributed by atoms with Gasteiger partial charge in [-0.05, 0) is 219 Å². The molecule has 0 spiro atoms. The first-order valence-corrected chi connectivity index (χ1v) is 38.7. The number of rotatable bonds is 6. The zero-order valence-electron chi connectivity index (χ0n) is 62.5. The topological polar surface area (TPSA) is 8.17 Å². The number of hydrogen-bond donors (Lipinski definition) is 0. The SMILES string of the molecule is CC(C)(C)c1ccc(-c2cc(N3c4cc(-c5c(-c6ccccc6)cc(-c6ccccc6)cc5-c5ccccc5)cc5c4B(c4sc6ccc(C(C)(C)C)cc6c43)c3cc4c6ccccc6c6ccccc6c4c4c6c7c8ccccc8c8ccccc8c7ccc6n-5c34)ccc2C(C)(C)C)c(C(C)(C)C)c1. The molecule has 2 nitrogen and oxygen atoms in total. The molecule has 18 aromatic rings. The molecule has 0 saturated carbocycles. The number of thiophene rings is 1. The summed E-state index contributed by atoms with van der Waals surface area (Å²) in [5, 5.41) is 19.2. The minimum Gasteiger partial charge on any atom is -0.310 e. The van der Waals surface area contributed by atoms with Gasteiger partial charge >= 0.3 is 0 Å². The zero-order valence-corrected chi connectivity index (χ0v) is 63.3. The van der Waals surface area contributed by atoms with Crippen molar-refractivity contribution in [2.75, 3.05) is 4.90 Å². The van der Waals surface area contributed by atoms with Crippen LogP contribution in [0.3, 0.4) is 0 Å². The molecular formula is C102H83BN2S. The van der Waals surface area contributed by atoms with Crippen LogP contribution < -0.4 is 20.6 Å². The second-order valence-electron chi connectivity index (χ2n) is 34.3. The van der Waals surface area contributed by atoms with Crippen molar-refractivity contribution in [3.05, 3.63) is 307 Å². The van der Waals surface area contributed by atoms with E-state index in [1.54, 1.807) is 0 Å². The van der Waals surface area contributed by atoms with E-state index in [4.69, 9.17) is 0 Å². The Morgan fingerprint density at radius 2 is 0.783 bits per heavy atom. The van der Waals surface area contributed by atoms with Crippen LogP contribution in [0, 0.1) is 0 Å². The molecule has 510 valence electrons. The fourth-order valence-electron chi connectivity index (χ4n) is 18.7. The van der Waals surface area contributed by atoms with Crippen LogP contribution in [0.2, 0.25) is 0 Å². The van der Waals surface area contributed by atoms with E-state index in [0.717, 1.165) is 11.3 Å². The average molecular weight is 1380 g/mol. The number of hydrogen-bond acceptors (Lipinski definition) is 2. The highest BCUT2D eigenvalue weighted by Gasteiger charge is 2.46. The van der Waals surface area contributed by atoms with Crippen LogP contribution in [0.25, 0.3) is 158 Å². The monoisotopic (exact) mass is 1380 g/mol. The molecule has 16 aromatic carbocycles. The molecule has 0 N–H and O–H groups in total. The van der Waals surface area contributed by atoms with Crippen LogP contribution in [0.1, 0.15) is 105 Å². The standard InChI is InChI=1S/C102H83BN2S/c1-99(2,3)65-45-51-89-82(56-65)96-98(106-89)103-85-59-81-73-41-25-23-37-69(73)71-39-27-29-43-76(71)92(81)94-93-86(50-48-77-72-40-24-22-36-68(72)70-38-26-28-42-75(70)91(77)93)105(97(85)94)88-55-64(90-78(61-32-18-14-19-33-61)52-63(60-30-16-13-17-31-60)53-79(90)62-34-20-15-21-35-62)54-87(95(88)103)104(96)67-46-49-83(101(7,8)9)80(58-67)74-47-44-66(100(4,5)6)57-84(74)102(10,11)12/h13-59H,1-12H3. The van der Waals surface area contributed by atoms with Gasteiger partial charge in [-0.15, -0.1) is 11.3 Å². The molecule has 2 aliphatic rings. The summed E-state index contributed by atoms with van der Waals surface area (Å²) in [5.41, 5.74) is 26.7. The Hall–Kier alpha value is -11.3. The molecule has 2 aliphatic heterocycles. The van der Waals surface area contributed by atoms with E-state index in [2.05, 4.69) is 378 Å². The molecule has 4 heteroatoms. The highest BCUT2D eigenvalue weighted by Crippen LogP contribution is 2.55. The lowest BCUT2D eigenvalue weighted by Crippen LogP contribution is -2.59. The largest absolute Gasteiger partial charge is 0.310 e. The van der Waals surface area contributed by atoms with Crippen molar-refractivity contribution < 1.29 is 0 Å². The lowest BCUT2D eigenvalue weighted by Gasteiger charge is -2.40. The Kier molecular flexibility index (Phi) is 14.0. The number of aromatic nitrogens is 1. The summed E-state index contributed by atoms with van der Waals surface area (Å²) >= 11 is 2.01. The van der Waals surface area contributed by atoms with Crippen molar-refractivity contribution in [1.29, 1.82) is 0 Å². The normalized spacial score (nSPS) is 13.2. The van der Waals surface area contributed by atoms with E-state index in [-0.39, 0.29) is 28.4 Å². The average Bonchev–Trinajstić information content (AvgIpc) is 1.35. The van der Waals surface area contributed by atoms with Gasteiger partial charge in [0.1, 0.15) is 0 Å². The summed E-state index contributed by atoms with van der Waals surface area (Å²) in [4.78, 5) is 2.77. The third kappa shape index (κ3) is 9.62. The van der Waals surface area contributed by atoms with E-state index in [1.165, 1.54) is 202 Å². The van der Waals surface area contributed by atoms with Gasteiger partial charge in [-0.3, -0.25) is 0 Å². The van der Waals surface area contributed by atoms with Gasteiger partial charge in [0.2, 0.25) is 0 Å². The second-order valence-corrected chi connectivity index (χ2v) is 35.4. The molecule has 0 amide bonds. The summed E-state index contributed by atoms with van der Waals surface area (Å²) in [6.45, 7) is 28.4. The van der Waals surface area contributed by atoms with Gasteiger partial charge in [0, 0.05) is 53.5 Å². The van der Waals surface area contributed by atoms with Gasteiger partial charge in [-0.1, -0.05) is 314 Å². The van der Waals surface area contributed by atoms with E-state index in [0.29, 0.717) is 0 Å². The maximum Gasteiger partial charge on any atom is 0.264 e. The predicted molar refractivity (Wildman–Crippen MR) is 463 cm³/mol. The molecule has 0 fully saturated rings. The van der Waals surface area contributed by atoms with Gasteiger partial charge < -0.3 is 9.47 Å². The maximum absolute atomic E-state index is 2.78. The number of benzene rings is 16. The molecule has 2 aromatic heterocycles. The fraction of sp³-hybridized carbons (Fsp3) is 0.157. The van der Waals surface area contributed by atoms with E-state index in [1.807, 2.05) is 11.3 Å². The summed E-state index contributed by atoms with van der Waals surface area (Å²) < 4.78 is 5.43. The van der Waals surface area contributed by atoms with Crippen LogP contribution in [-0.2, 0) is 21.7 Å².